The van der Waals surface area contributed by atoms with Gasteiger partial charge >= 0.3 is 0 Å². The van der Waals surface area contributed by atoms with E-state index in [0.29, 0.717) is 16.5 Å². The van der Waals surface area contributed by atoms with Crippen molar-refractivity contribution < 1.29 is 9.59 Å². The van der Waals surface area contributed by atoms with Crippen LogP contribution >= 0.6 is 11.3 Å². The Kier molecular flexibility index (Phi) is 4.66. The Hall–Kier alpha value is -2.28. The van der Waals surface area contributed by atoms with Crippen molar-refractivity contribution in [2.45, 2.75) is 19.8 Å². The number of amides is 2. The van der Waals surface area contributed by atoms with Crippen molar-refractivity contribution >= 4 is 28.8 Å². The zero-order valence-electron chi connectivity index (χ0n) is 12.9. The van der Waals surface area contributed by atoms with E-state index in [1.165, 1.54) is 29.9 Å². The molecule has 0 aliphatic carbocycles. The molecule has 1 aliphatic rings. The first-order valence-electron chi connectivity index (χ1n) is 7.59. The van der Waals surface area contributed by atoms with Crippen LogP contribution in [0.15, 0.2) is 30.0 Å². The van der Waals surface area contributed by atoms with E-state index in [2.05, 4.69) is 22.2 Å². The number of rotatable bonds is 3. The van der Waals surface area contributed by atoms with Crippen LogP contribution in [0.25, 0.3) is 0 Å². The molecule has 0 bridgehead atoms. The van der Waals surface area contributed by atoms with E-state index in [0.717, 1.165) is 25.9 Å². The van der Waals surface area contributed by atoms with Gasteiger partial charge in [0.25, 0.3) is 11.8 Å². The van der Waals surface area contributed by atoms with Crippen molar-refractivity contribution in [3.8, 4) is 0 Å². The quantitative estimate of drug-likeness (QED) is 0.939. The third-order valence-corrected chi connectivity index (χ3v) is 4.75. The van der Waals surface area contributed by atoms with Crippen molar-refractivity contribution in [2.75, 3.05) is 18.4 Å². The molecular weight excluding hydrogens is 312 g/mol. The summed E-state index contributed by atoms with van der Waals surface area (Å²) >= 11 is 1.35. The van der Waals surface area contributed by atoms with Gasteiger partial charge in [-0.25, -0.2) is 4.98 Å². The van der Waals surface area contributed by atoms with Crippen LogP contribution in [0.3, 0.4) is 0 Å². The Bertz CT molecular complexity index is 701. The number of carbonyl (C=O) groups is 2. The molecule has 1 N–H and O–H groups in total. The van der Waals surface area contributed by atoms with E-state index < -0.39 is 0 Å². The van der Waals surface area contributed by atoms with Gasteiger partial charge in [0.1, 0.15) is 10.6 Å². The Balaban J connectivity index is 1.74. The fourth-order valence-corrected chi connectivity index (χ4v) is 3.51. The lowest BCUT2D eigenvalue weighted by atomic mass is 10.0. The number of likely N-dealkylation sites (tertiary alicyclic amines) is 1. The van der Waals surface area contributed by atoms with E-state index in [9.17, 15) is 9.59 Å². The van der Waals surface area contributed by atoms with Gasteiger partial charge in [-0.3, -0.25) is 14.6 Å². The molecule has 0 spiro atoms. The topological polar surface area (TPSA) is 75.2 Å². The smallest absolute Gasteiger partial charge is 0.275 e. The van der Waals surface area contributed by atoms with Crippen LogP contribution in [-0.2, 0) is 0 Å². The fourth-order valence-electron chi connectivity index (χ4n) is 2.69. The van der Waals surface area contributed by atoms with Gasteiger partial charge < -0.3 is 10.2 Å². The average Bonchev–Trinajstić information content (AvgIpc) is 3.03. The zero-order chi connectivity index (χ0) is 16.2. The van der Waals surface area contributed by atoms with Gasteiger partial charge in [0.05, 0.1) is 11.9 Å². The first kappa shape index (κ1) is 15.6. The molecule has 1 fully saturated rings. The summed E-state index contributed by atoms with van der Waals surface area (Å²) < 4.78 is 0. The highest BCUT2D eigenvalue weighted by atomic mass is 32.1. The summed E-state index contributed by atoms with van der Waals surface area (Å²) in [4.78, 5) is 35.2. The highest BCUT2D eigenvalue weighted by Gasteiger charge is 2.25. The van der Waals surface area contributed by atoms with Gasteiger partial charge in [-0.2, -0.15) is 0 Å². The molecule has 7 heteroatoms. The predicted molar refractivity (Wildman–Crippen MR) is 88.6 cm³/mol. The molecule has 2 amide bonds. The molecular formula is C16H18N4O2S. The lowest BCUT2D eigenvalue weighted by molar-refractivity contribution is 0.0689. The van der Waals surface area contributed by atoms with E-state index >= 15 is 0 Å². The molecule has 120 valence electrons. The molecule has 23 heavy (non-hydrogen) atoms. The number of aromatic nitrogens is 2. The normalized spacial score (nSPS) is 17.8. The van der Waals surface area contributed by atoms with Crippen molar-refractivity contribution in [1.82, 2.24) is 14.9 Å². The Morgan fingerprint density at radius 1 is 1.39 bits per heavy atom. The minimum atomic E-state index is -0.363. The van der Waals surface area contributed by atoms with Gasteiger partial charge in [0.2, 0.25) is 0 Å². The summed E-state index contributed by atoms with van der Waals surface area (Å²) in [6.07, 6.45) is 6.55. The average molecular weight is 330 g/mol. The SMILES string of the molecule is CC1CCCN(C(=O)c2sccc2NC(=O)c2cnccn2)C1. The molecule has 1 atom stereocenters. The summed E-state index contributed by atoms with van der Waals surface area (Å²) in [7, 11) is 0. The summed E-state index contributed by atoms with van der Waals surface area (Å²) in [6.45, 7) is 3.71. The van der Waals surface area contributed by atoms with E-state index in [4.69, 9.17) is 0 Å². The number of hydrogen-bond donors (Lipinski definition) is 1. The summed E-state index contributed by atoms with van der Waals surface area (Å²) in [5.74, 6) is 0.142. The number of thiophene rings is 1. The van der Waals surface area contributed by atoms with Gasteiger partial charge in [0, 0.05) is 25.5 Å². The molecule has 1 aliphatic heterocycles. The summed E-state index contributed by atoms with van der Waals surface area (Å²) in [5, 5.41) is 4.57. The van der Waals surface area contributed by atoms with Gasteiger partial charge in [-0.1, -0.05) is 6.92 Å². The van der Waals surface area contributed by atoms with Gasteiger partial charge in [0.15, 0.2) is 0 Å². The standard InChI is InChI=1S/C16H18N4O2S/c1-11-3-2-7-20(10-11)16(22)14-12(4-8-23-14)19-15(21)13-9-17-5-6-18-13/h4-6,8-9,11H,2-3,7,10H2,1H3,(H,19,21). The van der Waals surface area contributed by atoms with Crippen LogP contribution in [0.4, 0.5) is 5.69 Å². The first-order valence-corrected chi connectivity index (χ1v) is 8.47. The second kappa shape index (κ2) is 6.87. The maximum absolute atomic E-state index is 12.7. The highest BCUT2D eigenvalue weighted by molar-refractivity contribution is 7.12. The molecule has 0 radical (unpaired) electrons. The maximum atomic E-state index is 12.7. The largest absolute Gasteiger partial charge is 0.338 e. The van der Waals surface area contributed by atoms with Crippen LogP contribution in [-0.4, -0.2) is 39.8 Å². The van der Waals surface area contributed by atoms with E-state index in [1.54, 1.807) is 6.07 Å². The third-order valence-electron chi connectivity index (χ3n) is 3.85. The molecule has 3 heterocycles. The maximum Gasteiger partial charge on any atom is 0.275 e. The molecule has 0 saturated carbocycles. The predicted octanol–water partition coefficient (Wildman–Crippen LogP) is 2.66. The summed E-state index contributed by atoms with van der Waals surface area (Å²) in [5.41, 5.74) is 0.762. The Morgan fingerprint density at radius 2 is 2.26 bits per heavy atom. The monoisotopic (exact) mass is 330 g/mol. The molecule has 0 aromatic carbocycles. The number of anilines is 1. The van der Waals surface area contributed by atoms with Crippen LogP contribution < -0.4 is 5.32 Å². The number of nitrogens with one attached hydrogen (secondary N) is 1. The summed E-state index contributed by atoms with van der Waals surface area (Å²) in [6, 6.07) is 1.75. The Labute approximate surface area is 138 Å². The third kappa shape index (κ3) is 3.56. The van der Waals surface area contributed by atoms with Crippen LogP contribution in [0.1, 0.15) is 39.9 Å². The lowest BCUT2D eigenvalue weighted by Gasteiger charge is -2.30. The molecule has 1 unspecified atom stereocenters. The van der Waals surface area contributed by atoms with Crippen molar-refractivity contribution in [3.05, 3.63) is 40.6 Å². The minimum absolute atomic E-state index is 0.0130. The van der Waals surface area contributed by atoms with E-state index in [-0.39, 0.29) is 17.5 Å². The van der Waals surface area contributed by atoms with Gasteiger partial charge in [-0.05, 0) is 30.2 Å². The van der Waals surface area contributed by atoms with Crippen LogP contribution in [0.5, 0.6) is 0 Å². The Morgan fingerprint density at radius 3 is 3.00 bits per heavy atom. The van der Waals surface area contributed by atoms with Crippen LogP contribution in [0.2, 0.25) is 0 Å². The zero-order valence-corrected chi connectivity index (χ0v) is 13.7. The van der Waals surface area contributed by atoms with Crippen molar-refractivity contribution in [3.63, 3.8) is 0 Å². The van der Waals surface area contributed by atoms with E-state index in [1.807, 2.05) is 10.3 Å². The number of nitrogens with zero attached hydrogens (tertiary/aromatic N) is 3. The fraction of sp³-hybridized carbons (Fsp3) is 0.375. The molecule has 6 nitrogen and oxygen atoms in total. The van der Waals surface area contributed by atoms with Gasteiger partial charge in [-0.15, -0.1) is 11.3 Å². The van der Waals surface area contributed by atoms with Crippen molar-refractivity contribution in [2.24, 2.45) is 5.92 Å². The highest BCUT2D eigenvalue weighted by Crippen LogP contribution is 2.26. The minimum Gasteiger partial charge on any atom is -0.338 e. The number of piperidine rings is 1. The van der Waals surface area contributed by atoms with Crippen LogP contribution in [0, 0.1) is 5.92 Å². The number of carbonyl (C=O) groups excluding carboxylic acids is 2. The number of hydrogen-bond acceptors (Lipinski definition) is 5. The second-order valence-corrected chi connectivity index (χ2v) is 6.62. The molecule has 1 saturated heterocycles. The molecule has 2 aromatic rings. The second-order valence-electron chi connectivity index (χ2n) is 5.71. The molecule has 3 rings (SSSR count). The van der Waals surface area contributed by atoms with Crippen molar-refractivity contribution in [1.29, 1.82) is 0 Å². The molecule has 2 aromatic heterocycles. The first-order chi connectivity index (χ1) is 11.1. The lowest BCUT2D eigenvalue weighted by Crippen LogP contribution is -2.39.